The van der Waals surface area contributed by atoms with Crippen LogP contribution in [0, 0.1) is 0 Å². The summed E-state index contributed by atoms with van der Waals surface area (Å²) in [7, 11) is -4.50. The van der Waals surface area contributed by atoms with Crippen molar-refractivity contribution < 1.29 is 13.6 Å². The van der Waals surface area contributed by atoms with Gasteiger partial charge in [0.2, 0.25) is 16.6 Å². The number of anilines is 1. The summed E-state index contributed by atoms with van der Waals surface area (Å²) in [5.41, 5.74) is 10.4. The van der Waals surface area contributed by atoms with E-state index >= 15 is 0 Å². The summed E-state index contributed by atoms with van der Waals surface area (Å²) in [6.07, 6.45) is 4.62. The molecule has 0 fully saturated rings. The molecule has 5 nitrogen and oxygen atoms in total. The van der Waals surface area contributed by atoms with Gasteiger partial charge in [-0.2, -0.15) is 0 Å². The number of rotatable bonds is 12. The summed E-state index contributed by atoms with van der Waals surface area (Å²) in [6.45, 7) is 27.8. The van der Waals surface area contributed by atoms with Gasteiger partial charge in [0.25, 0.3) is 0 Å². The van der Waals surface area contributed by atoms with E-state index in [4.69, 9.17) is 30.9 Å². The monoisotopic (exact) mass is 568 g/mol. The van der Waals surface area contributed by atoms with Crippen LogP contribution in [0.25, 0.3) is 5.76 Å². The van der Waals surface area contributed by atoms with E-state index in [2.05, 4.69) is 94.1 Å². The minimum atomic E-state index is -2.25. The maximum Gasteiger partial charge on any atom is 0.201 e. The van der Waals surface area contributed by atoms with Crippen LogP contribution in [0.4, 0.5) is 5.69 Å². The lowest BCUT2D eigenvalue weighted by molar-refractivity contribution is -0.0346. The Morgan fingerprint density at radius 3 is 1.70 bits per heavy atom. The number of halogens is 1. The van der Waals surface area contributed by atoms with Gasteiger partial charge in [-0.1, -0.05) is 83.1 Å². The highest BCUT2D eigenvalue weighted by atomic mass is 35.5. The number of nitrogens with zero attached hydrogens (tertiary/aromatic N) is 1. The summed E-state index contributed by atoms with van der Waals surface area (Å²) >= 11 is 6.65. The van der Waals surface area contributed by atoms with Crippen molar-refractivity contribution in [2.24, 2.45) is 0 Å². The van der Waals surface area contributed by atoms with Crippen molar-refractivity contribution in [1.82, 2.24) is 4.98 Å². The lowest BCUT2D eigenvalue weighted by atomic mass is 10.0. The number of nitrogen functional groups attached to an aromatic ring is 1. The van der Waals surface area contributed by atoms with Crippen molar-refractivity contribution in [3.63, 3.8) is 0 Å². The Balaban J connectivity index is 2.76. The summed E-state index contributed by atoms with van der Waals surface area (Å²) in [4.78, 5) is 4.17. The number of hydrogen-bond donors (Lipinski definition) is 1. The first-order valence-electron chi connectivity index (χ1n) is 14.2. The number of ether oxygens (including phenoxy) is 1. The second kappa shape index (κ2) is 13.0. The van der Waals surface area contributed by atoms with Crippen LogP contribution >= 0.6 is 11.6 Å². The van der Waals surface area contributed by atoms with Crippen molar-refractivity contribution in [2.45, 2.75) is 135 Å². The van der Waals surface area contributed by atoms with E-state index in [-0.39, 0.29) is 18.3 Å². The van der Waals surface area contributed by atoms with E-state index in [0.717, 1.165) is 5.56 Å². The molecular formula is C29H53ClN2O3Si2. The Hall–Kier alpha value is -0.866. The molecule has 0 aromatic carbocycles. The Bertz CT molecular complexity index is 861. The average Bonchev–Trinajstić information content (AvgIpc) is 2.79. The molecule has 0 bridgehead atoms. The molecule has 2 rings (SSSR count). The third-order valence-corrected chi connectivity index (χ3v) is 21.1. The van der Waals surface area contributed by atoms with Gasteiger partial charge in [0.15, 0.2) is 0 Å². The van der Waals surface area contributed by atoms with E-state index in [1.807, 2.05) is 6.07 Å². The number of hydrogen-bond acceptors (Lipinski definition) is 5. The molecule has 1 aromatic heterocycles. The largest absolute Gasteiger partial charge is 0.486 e. The number of nitrogens with two attached hydrogens (primary N) is 1. The zero-order valence-corrected chi connectivity index (χ0v) is 28.1. The van der Waals surface area contributed by atoms with Crippen LogP contribution in [0.5, 0.6) is 0 Å². The van der Waals surface area contributed by atoms with Crippen LogP contribution < -0.4 is 5.73 Å². The lowest BCUT2D eigenvalue weighted by Crippen LogP contribution is -2.60. The summed E-state index contributed by atoms with van der Waals surface area (Å²) in [6, 6.07) is 1.90. The normalized spacial score (nSPS) is 21.5. The molecular weight excluding hydrogens is 516 g/mol. The summed E-state index contributed by atoms with van der Waals surface area (Å²) < 4.78 is 21.4. The third kappa shape index (κ3) is 6.32. The highest BCUT2D eigenvalue weighted by Gasteiger charge is 2.53. The average molecular weight is 569 g/mol. The second-order valence-electron chi connectivity index (χ2n) is 12.6. The van der Waals surface area contributed by atoms with Crippen molar-refractivity contribution in [1.29, 1.82) is 0 Å². The number of alkyl halides is 1. The van der Waals surface area contributed by atoms with E-state index in [1.54, 1.807) is 12.4 Å². The van der Waals surface area contributed by atoms with Crippen molar-refractivity contribution in [3.05, 3.63) is 30.1 Å². The van der Waals surface area contributed by atoms with Crippen LogP contribution in [0.15, 0.2) is 24.5 Å². The predicted molar refractivity (Wildman–Crippen MR) is 164 cm³/mol. The van der Waals surface area contributed by atoms with Crippen molar-refractivity contribution in [2.75, 3.05) is 11.6 Å². The highest BCUT2D eigenvalue weighted by molar-refractivity contribution is 6.78. The van der Waals surface area contributed by atoms with Crippen LogP contribution in [0.1, 0.15) is 88.6 Å². The SMILES string of the molecule is CC(C)[Si](OC1C=C(c2ccncc2N)OC(CCl)C1O[Si](C(C)C)(C(C)C)C(C)C)(C(C)C)C(C)C. The molecule has 0 amide bonds. The zero-order chi connectivity index (χ0) is 28.3. The molecule has 2 heterocycles. The molecule has 8 heteroatoms. The standard InChI is InChI=1S/C29H53ClN2O3Si2/c1-18(2)36(19(3)4,20(5)6)34-27-15-26(24-13-14-32-17-25(24)31)33-28(16-30)29(27)35-37(21(7)8,22(9)10)23(11)12/h13-15,17-23,27-29H,16,31H2,1-12H3. The van der Waals surface area contributed by atoms with E-state index < -0.39 is 16.6 Å². The quantitative estimate of drug-likeness (QED) is 0.201. The van der Waals surface area contributed by atoms with Gasteiger partial charge >= 0.3 is 0 Å². The zero-order valence-electron chi connectivity index (χ0n) is 25.3. The van der Waals surface area contributed by atoms with Crippen LogP contribution in [-0.2, 0) is 13.6 Å². The maximum atomic E-state index is 7.45. The first-order valence-corrected chi connectivity index (χ1v) is 19.0. The van der Waals surface area contributed by atoms with Gasteiger partial charge in [-0.25, -0.2) is 0 Å². The Morgan fingerprint density at radius 2 is 1.30 bits per heavy atom. The molecule has 2 N–H and O–H groups in total. The predicted octanol–water partition coefficient (Wildman–Crippen LogP) is 8.76. The molecule has 1 aliphatic rings. The third-order valence-electron chi connectivity index (χ3n) is 8.65. The van der Waals surface area contributed by atoms with E-state index in [9.17, 15) is 0 Å². The molecule has 1 aliphatic heterocycles. The summed E-state index contributed by atoms with van der Waals surface area (Å²) in [5.74, 6) is 1.02. The number of pyridine rings is 1. The molecule has 0 radical (unpaired) electrons. The Kier molecular flexibility index (Phi) is 11.4. The van der Waals surface area contributed by atoms with Crippen molar-refractivity contribution >= 4 is 39.7 Å². The topological polar surface area (TPSA) is 66.6 Å². The van der Waals surface area contributed by atoms with Gasteiger partial charge < -0.3 is 19.3 Å². The van der Waals surface area contributed by atoms with Gasteiger partial charge in [0, 0.05) is 11.8 Å². The fourth-order valence-corrected chi connectivity index (χ4v) is 18.5. The van der Waals surface area contributed by atoms with Crippen LogP contribution in [0.3, 0.4) is 0 Å². The van der Waals surface area contributed by atoms with Crippen molar-refractivity contribution in [3.8, 4) is 0 Å². The molecule has 0 aliphatic carbocycles. The van der Waals surface area contributed by atoms with Crippen LogP contribution in [0.2, 0.25) is 33.2 Å². The number of aromatic nitrogens is 1. The maximum absolute atomic E-state index is 7.45. The second-order valence-corrected chi connectivity index (χ2v) is 23.7. The molecule has 0 saturated carbocycles. The fraction of sp³-hybridized carbons (Fsp3) is 0.759. The molecule has 0 spiro atoms. The first kappa shape index (κ1) is 32.3. The van der Waals surface area contributed by atoms with Gasteiger partial charge in [-0.15, -0.1) is 11.6 Å². The smallest absolute Gasteiger partial charge is 0.201 e. The lowest BCUT2D eigenvalue weighted by Gasteiger charge is -2.51. The molecule has 0 saturated heterocycles. The van der Waals surface area contributed by atoms with Gasteiger partial charge in [-0.3, -0.25) is 4.98 Å². The highest BCUT2D eigenvalue weighted by Crippen LogP contribution is 2.48. The van der Waals surface area contributed by atoms with Crippen LogP contribution in [-0.4, -0.2) is 45.8 Å². The molecule has 37 heavy (non-hydrogen) atoms. The molecule has 1 aromatic rings. The van der Waals surface area contributed by atoms with Gasteiger partial charge in [-0.05, 0) is 45.4 Å². The Labute approximate surface area is 234 Å². The van der Waals surface area contributed by atoms with E-state index in [1.165, 1.54) is 0 Å². The molecule has 3 atom stereocenters. The van der Waals surface area contributed by atoms with Gasteiger partial charge in [0.05, 0.1) is 23.9 Å². The minimum Gasteiger partial charge on any atom is -0.486 e. The van der Waals surface area contributed by atoms with Gasteiger partial charge in [0.1, 0.15) is 18.0 Å². The van der Waals surface area contributed by atoms with E-state index in [0.29, 0.717) is 50.6 Å². The minimum absolute atomic E-state index is 0.276. The Morgan fingerprint density at radius 1 is 0.838 bits per heavy atom. The molecule has 3 unspecified atom stereocenters. The molecule has 212 valence electrons. The summed E-state index contributed by atoms with van der Waals surface area (Å²) in [5, 5.41) is 0. The first-order chi connectivity index (χ1) is 17.2. The fourth-order valence-electron chi connectivity index (χ4n) is 7.16.